The lowest BCUT2D eigenvalue weighted by atomic mass is 9.94. The average Bonchev–Trinajstić information content (AvgIpc) is 3.85. The first-order valence-electron chi connectivity index (χ1n) is 18.8. The number of hydrogen-bond acceptors (Lipinski definition) is 4. The molecular formula is C52H32N2OS. The maximum atomic E-state index is 6.69. The van der Waals surface area contributed by atoms with Crippen LogP contribution < -0.4 is 0 Å². The quantitative estimate of drug-likeness (QED) is 0.171. The van der Waals surface area contributed by atoms with Crippen LogP contribution >= 0.6 is 11.3 Å². The van der Waals surface area contributed by atoms with Gasteiger partial charge in [0.05, 0.1) is 11.4 Å². The fraction of sp³-hybridized carbons (Fsp3) is 0. The van der Waals surface area contributed by atoms with Gasteiger partial charge in [0.15, 0.2) is 5.82 Å². The molecule has 3 aromatic heterocycles. The fourth-order valence-electron chi connectivity index (χ4n) is 7.93. The van der Waals surface area contributed by atoms with Crippen LogP contribution in [0.4, 0.5) is 0 Å². The Balaban J connectivity index is 1.00. The first kappa shape index (κ1) is 32.3. The summed E-state index contributed by atoms with van der Waals surface area (Å²) in [6.07, 6.45) is 0. The van der Waals surface area contributed by atoms with Crippen LogP contribution in [0.3, 0.4) is 0 Å². The standard InChI is InChI=1S/C52H32N2OS/c1-3-11-33(12-4-1)34-19-23-37(24-20-34)46-32-45(36-13-5-2-6-14-36)53-52(54-46)38-25-21-35(22-26-38)40-29-30-41(51-50(40)44-16-7-9-17-47(44)55-51)39-27-28-43-42-15-8-10-18-48(42)56-49(43)31-39/h1-32H. The second-order valence-corrected chi connectivity index (χ2v) is 15.2. The van der Waals surface area contributed by atoms with Crippen molar-refractivity contribution in [3.05, 3.63) is 194 Å². The molecule has 0 unspecified atom stereocenters. The third-order valence-corrected chi connectivity index (χ3v) is 11.9. The van der Waals surface area contributed by atoms with E-state index < -0.39 is 0 Å². The number of para-hydroxylation sites is 1. The number of hydrogen-bond donors (Lipinski definition) is 0. The molecule has 0 amide bonds. The van der Waals surface area contributed by atoms with Gasteiger partial charge in [-0.2, -0.15) is 0 Å². The largest absolute Gasteiger partial charge is 0.455 e. The lowest BCUT2D eigenvalue weighted by Gasteiger charge is -2.11. The zero-order valence-electron chi connectivity index (χ0n) is 30.2. The predicted molar refractivity (Wildman–Crippen MR) is 235 cm³/mol. The molecule has 0 aliphatic rings. The third kappa shape index (κ3) is 5.58. The summed E-state index contributed by atoms with van der Waals surface area (Å²) in [5, 5.41) is 4.81. The topological polar surface area (TPSA) is 38.9 Å². The summed E-state index contributed by atoms with van der Waals surface area (Å²) in [5.41, 5.74) is 13.4. The average molecular weight is 733 g/mol. The van der Waals surface area contributed by atoms with Gasteiger partial charge in [-0.05, 0) is 58.1 Å². The molecule has 56 heavy (non-hydrogen) atoms. The molecule has 0 saturated heterocycles. The fourth-order valence-corrected chi connectivity index (χ4v) is 9.08. The second-order valence-electron chi connectivity index (χ2n) is 14.1. The summed E-state index contributed by atoms with van der Waals surface area (Å²) >= 11 is 1.84. The number of rotatable bonds is 6. The Morgan fingerprint density at radius 2 is 0.893 bits per heavy atom. The highest BCUT2D eigenvalue weighted by molar-refractivity contribution is 7.25. The number of nitrogens with zero attached hydrogens (tertiary/aromatic N) is 2. The summed E-state index contributed by atoms with van der Waals surface area (Å²) in [6.45, 7) is 0. The zero-order valence-corrected chi connectivity index (χ0v) is 31.0. The van der Waals surface area contributed by atoms with Crippen molar-refractivity contribution < 1.29 is 4.42 Å². The molecule has 0 atom stereocenters. The molecular weight excluding hydrogens is 701 g/mol. The first-order valence-corrected chi connectivity index (χ1v) is 19.6. The molecule has 0 fully saturated rings. The van der Waals surface area contributed by atoms with Crippen LogP contribution in [-0.4, -0.2) is 9.97 Å². The number of furan rings is 1. The molecule has 0 aliphatic heterocycles. The summed E-state index contributed by atoms with van der Waals surface area (Å²) in [7, 11) is 0. The van der Waals surface area contributed by atoms with E-state index in [0.29, 0.717) is 5.82 Å². The van der Waals surface area contributed by atoms with Crippen molar-refractivity contribution in [2.24, 2.45) is 0 Å². The smallest absolute Gasteiger partial charge is 0.160 e. The van der Waals surface area contributed by atoms with E-state index in [0.717, 1.165) is 72.3 Å². The van der Waals surface area contributed by atoms with E-state index in [-0.39, 0.29) is 0 Å². The highest BCUT2D eigenvalue weighted by Gasteiger charge is 2.19. The Labute approximate surface area is 327 Å². The molecule has 3 heterocycles. The molecule has 11 rings (SSSR count). The van der Waals surface area contributed by atoms with E-state index in [1.54, 1.807) is 0 Å². The van der Waals surface area contributed by atoms with E-state index in [9.17, 15) is 0 Å². The Morgan fingerprint density at radius 1 is 0.357 bits per heavy atom. The Hall–Kier alpha value is -7.14. The molecule has 262 valence electrons. The minimum Gasteiger partial charge on any atom is -0.455 e. The van der Waals surface area contributed by atoms with Gasteiger partial charge >= 0.3 is 0 Å². The van der Waals surface area contributed by atoms with E-state index >= 15 is 0 Å². The Morgan fingerprint density at radius 3 is 1.66 bits per heavy atom. The number of thiophene rings is 1. The van der Waals surface area contributed by atoms with Gasteiger partial charge in [0.2, 0.25) is 0 Å². The Kier molecular flexibility index (Phi) is 7.68. The van der Waals surface area contributed by atoms with E-state index in [1.807, 2.05) is 41.7 Å². The Bertz CT molecular complexity index is 3220. The molecule has 0 radical (unpaired) electrons. The van der Waals surface area contributed by atoms with Crippen LogP contribution in [0.5, 0.6) is 0 Å². The van der Waals surface area contributed by atoms with E-state index in [1.165, 1.54) is 31.3 Å². The molecule has 0 N–H and O–H groups in total. The van der Waals surface area contributed by atoms with Crippen LogP contribution in [0, 0.1) is 0 Å². The number of fused-ring (bicyclic) bond motifs is 6. The normalized spacial score (nSPS) is 11.6. The first-order chi connectivity index (χ1) is 27.7. The van der Waals surface area contributed by atoms with Gasteiger partial charge in [-0.15, -0.1) is 11.3 Å². The van der Waals surface area contributed by atoms with Crippen molar-refractivity contribution in [2.45, 2.75) is 0 Å². The second kappa shape index (κ2) is 13.3. The van der Waals surface area contributed by atoms with Crippen LogP contribution in [0.25, 0.3) is 109 Å². The molecule has 11 aromatic rings. The van der Waals surface area contributed by atoms with Crippen molar-refractivity contribution in [1.82, 2.24) is 9.97 Å². The SMILES string of the molecule is c1ccc(-c2ccc(-c3cc(-c4ccccc4)nc(-c4ccc(-c5ccc(-c6ccc7c(c6)sc6ccccc67)c6oc7ccccc7c56)cc4)n3)cc2)cc1. The number of aromatic nitrogens is 2. The predicted octanol–water partition coefficient (Wildman–Crippen LogP) is 14.7. The lowest BCUT2D eigenvalue weighted by molar-refractivity contribution is 0.670. The summed E-state index contributed by atoms with van der Waals surface area (Å²) in [6, 6.07) is 68.4. The summed E-state index contributed by atoms with van der Waals surface area (Å²) in [4.78, 5) is 10.2. The van der Waals surface area contributed by atoms with Crippen LogP contribution in [0.1, 0.15) is 0 Å². The monoisotopic (exact) mass is 732 g/mol. The minimum atomic E-state index is 0.686. The summed E-state index contributed by atoms with van der Waals surface area (Å²) in [5.74, 6) is 0.686. The highest BCUT2D eigenvalue weighted by Crippen LogP contribution is 2.44. The van der Waals surface area contributed by atoms with Crippen molar-refractivity contribution in [1.29, 1.82) is 0 Å². The van der Waals surface area contributed by atoms with Gasteiger partial charge in [0.1, 0.15) is 11.2 Å². The van der Waals surface area contributed by atoms with Gasteiger partial charge in [-0.3, -0.25) is 0 Å². The van der Waals surface area contributed by atoms with Gasteiger partial charge in [-0.25, -0.2) is 9.97 Å². The third-order valence-electron chi connectivity index (χ3n) is 10.8. The van der Waals surface area contributed by atoms with E-state index in [2.05, 4.69) is 164 Å². The maximum absolute atomic E-state index is 6.69. The van der Waals surface area contributed by atoms with Gasteiger partial charge in [0.25, 0.3) is 0 Å². The molecule has 0 spiro atoms. The van der Waals surface area contributed by atoms with Crippen molar-refractivity contribution in [3.63, 3.8) is 0 Å². The molecule has 0 aliphatic carbocycles. The lowest BCUT2D eigenvalue weighted by Crippen LogP contribution is -1.96. The van der Waals surface area contributed by atoms with Crippen molar-refractivity contribution >= 4 is 53.4 Å². The van der Waals surface area contributed by atoms with Gasteiger partial charge in [0, 0.05) is 53.2 Å². The number of benzene rings is 8. The molecule has 8 aromatic carbocycles. The van der Waals surface area contributed by atoms with Crippen LogP contribution in [0.15, 0.2) is 199 Å². The van der Waals surface area contributed by atoms with E-state index in [4.69, 9.17) is 14.4 Å². The van der Waals surface area contributed by atoms with Crippen LogP contribution in [0.2, 0.25) is 0 Å². The van der Waals surface area contributed by atoms with Crippen LogP contribution in [-0.2, 0) is 0 Å². The minimum absolute atomic E-state index is 0.686. The summed E-state index contributed by atoms with van der Waals surface area (Å²) < 4.78 is 9.27. The molecule has 4 heteroatoms. The highest BCUT2D eigenvalue weighted by atomic mass is 32.1. The molecule has 0 saturated carbocycles. The molecule has 3 nitrogen and oxygen atoms in total. The van der Waals surface area contributed by atoms with Crippen molar-refractivity contribution in [2.75, 3.05) is 0 Å². The van der Waals surface area contributed by atoms with Crippen molar-refractivity contribution in [3.8, 4) is 67.3 Å². The molecule has 0 bridgehead atoms. The van der Waals surface area contributed by atoms with Gasteiger partial charge < -0.3 is 4.42 Å². The maximum Gasteiger partial charge on any atom is 0.160 e. The zero-order chi connectivity index (χ0) is 37.0. The van der Waals surface area contributed by atoms with Gasteiger partial charge in [-0.1, -0.05) is 164 Å².